The molecule has 1 aromatic heterocycles. The van der Waals surface area contributed by atoms with Gasteiger partial charge in [-0.1, -0.05) is 36.8 Å². The van der Waals surface area contributed by atoms with Crippen molar-refractivity contribution in [3.8, 4) is 0 Å². The van der Waals surface area contributed by atoms with Gasteiger partial charge in [-0.25, -0.2) is 9.97 Å². The summed E-state index contributed by atoms with van der Waals surface area (Å²) in [5.41, 5.74) is 2.80. The molecule has 0 N–H and O–H groups in total. The van der Waals surface area contributed by atoms with Crippen LogP contribution in [-0.2, 0) is 6.54 Å². The number of amides is 1. The topological polar surface area (TPSA) is 49.3 Å². The number of nitrogens with zero attached hydrogens (tertiary/aromatic N) is 4. The predicted molar refractivity (Wildman–Crippen MR) is 110 cm³/mol. The Bertz CT molecular complexity index is 802. The van der Waals surface area contributed by atoms with Gasteiger partial charge in [0, 0.05) is 25.8 Å². The molecule has 2 aromatic rings. The molecule has 1 amide bonds. The smallest absolute Gasteiger partial charge is 0.257 e. The van der Waals surface area contributed by atoms with Gasteiger partial charge >= 0.3 is 0 Å². The van der Waals surface area contributed by atoms with Crippen LogP contribution in [0.3, 0.4) is 0 Å². The second-order valence-electron chi connectivity index (χ2n) is 8.05. The summed E-state index contributed by atoms with van der Waals surface area (Å²) in [5.74, 6) is 0.955. The van der Waals surface area contributed by atoms with E-state index in [1.165, 1.54) is 24.8 Å². The van der Waals surface area contributed by atoms with Crippen molar-refractivity contribution in [2.24, 2.45) is 0 Å². The minimum atomic E-state index is 0.0912. The molecule has 2 fully saturated rings. The van der Waals surface area contributed by atoms with Gasteiger partial charge in [0.2, 0.25) is 0 Å². The number of aromatic nitrogens is 2. The Morgan fingerprint density at radius 1 is 1.04 bits per heavy atom. The van der Waals surface area contributed by atoms with Gasteiger partial charge in [0.15, 0.2) is 0 Å². The van der Waals surface area contributed by atoms with Crippen LogP contribution in [0.4, 0.5) is 0 Å². The number of likely N-dealkylation sites (tertiary alicyclic amines) is 2. The van der Waals surface area contributed by atoms with Crippen LogP contribution in [0, 0.1) is 6.92 Å². The zero-order chi connectivity index (χ0) is 19.3. The van der Waals surface area contributed by atoms with Crippen molar-refractivity contribution in [3.63, 3.8) is 0 Å². The Hall–Kier alpha value is -2.27. The number of rotatable bonds is 4. The number of aryl methyl sites for hydroxylation is 1. The number of hydrogen-bond donors (Lipinski definition) is 0. The fourth-order valence-electron chi connectivity index (χ4n) is 4.41. The highest BCUT2D eigenvalue weighted by atomic mass is 16.2. The van der Waals surface area contributed by atoms with E-state index in [-0.39, 0.29) is 11.9 Å². The van der Waals surface area contributed by atoms with Crippen molar-refractivity contribution in [3.05, 3.63) is 59.2 Å². The summed E-state index contributed by atoms with van der Waals surface area (Å²) in [4.78, 5) is 26.8. The molecule has 28 heavy (non-hydrogen) atoms. The Labute approximate surface area is 167 Å². The lowest BCUT2D eigenvalue weighted by Gasteiger charge is -2.35. The van der Waals surface area contributed by atoms with Gasteiger partial charge in [0.05, 0.1) is 17.3 Å². The molecule has 3 heterocycles. The molecule has 5 nitrogen and oxygen atoms in total. The molecule has 148 valence electrons. The summed E-state index contributed by atoms with van der Waals surface area (Å²) in [6.07, 6.45) is 8.67. The first-order chi connectivity index (χ1) is 13.7. The molecule has 2 saturated heterocycles. The van der Waals surface area contributed by atoms with Crippen LogP contribution >= 0.6 is 0 Å². The molecule has 0 aliphatic carbocycles. The number of benzene rings is 1. The summed E-state index contributed by atoms with van der Waals surface area (Å²) in [7, 11) is 0. The zero-order valence-corrected chi connectivity index (χ0v) is 16.8. The third kappa shape index (κ3) is 4.25. The average molecular weight is 379 g/mol. The molecule has 2 aliphatic heterocycles. The van der Waals surface area contributed by atoms with Crippen molar-refractivity contribution in [1.82, 2.24) is 19.8 Å². The average Bonchev–Trinajstić information content (AvgIpc) is 2.75. The first kappa shape index (κ1) is 19.1. The number of piperidine rings is 2. The summed E-state index contributed by atoms with van der Waals surface area (Å²) in [6, 6.07) is 10.8. The van der Waals surface area contributed by atoms with E-state index in [2.05, 4.69) is 40.2 Å². The minimum Gasteiger partial charge on any atom is -0.339 e. The van der Waals surface area contributed by atoms with E-state index < -0.39 is 0 Å². The van der Waals surface area contributed by atoms with Crippen molar-refractivity contribution >= 4 is 5.91 Å². The molecular formula is C23H30N4O. The van der Waals surface area contributed by atoms with E-state index in [9.17, 15) is 4.79 Å². The Balaban J connectivity index is 1.52. The molecule has 1 atom stereocenters. The highest BCUT2D eigenvalue weighted by Crippen LogP contribution is 2.30. The lowest BCUT2D eigenvalue weighted by atomic mass is 10.00. The second kappa shape index (κ2) is 8.82. The first-order valence-electron chi connectivity index (χ1n) is 10.6. The molecule has 2 aliphatic rings. The van der Waals surface area contributed by atoms with Crippen molar-refractivity contribution in [2.75, 3.05) is 19.6 Å². The van der Waals surface area contributed by atoms with E-state index in [1.807, 2.05) is 11.8 Å². The van der Waals surface area contributed by atoms with E-state index in [0.29, 0.717) is 5.56 Å². The van der Waals surface area contributed by atoms with Crippen LogP contribution in [0.15, 0.2) is 36.5 Å². The minimum absolute atomic E-state index is 0.0912. The van der Waals surface area contributed by atoms with Crippen LogP contribution in [0.25, 0.3) is 0 Å². The SMILES string of the molecule is Cc1nc([C@H]2CCCCN2Cc2ccccc2)ncc1C(=O)N1CCCCC1. The number of carbonyl (C=O) groups is 1. The van der Waals surface area contributed by atoms with Gasteiger partial charge in [-0.05, 0) is 51.1 Å². The summed E-state index contributed by atoms with van der Waals surface area (Å²) < 4.78 is 0. The fraction of sp³-hybridized carbons (Fsp3) is 0.522. The molecule has 0 spiro atoms. The van der Waals surface area contributed by atoms with Gasteiger partial charge < -0.3 is 4.90 Å². The molecule has 5 heteroatoms. The van der Waals surface area contributed by atoms with Gasteiger partial charge in [0.25, 0.3) is 5.91 Å². The maximum Gasteiger partial charge on any atom is 0.257 e. The fourth-order valence-corrected chi connectivity index (χ4v) is 4.41. The predicted octanol–water partition coefficient (Wildman–Crippen LogP) is 4.14. The monoisotopic (exact) mass is 378 g/mol. The maximum atomic E-state index is 12.8. The third-order valence-electron chi connectivity index (χ3n) is 6.01. The highest BCUT2D eigenvalue weighted by Gasteiger charge is 2.28. The quantitative estimate of drug-likeness (QED) is 0.802. The zero-order valence-electron chi connectivity index (χ0n) is 16.8. The highest BCUT2D eigenvalue weighted by molar-refractivity contribution is 5.95. The summed E-state index contributed by atoms with van der Waals surface area (Å²) >= 11 is 0. The molecule has 4 rings (SSSR count). The van der Waals surface area contributed by atoms with Gasteiger partial charge in [-0.15, -0.1) is 0 Å². The normalized spacial score (nSPS) is 20.9. The second-order valence-corrected chi connectivity index (χ2v) is 8.05. The number of hydrogen-bond acceptors (Lipinski definition) is 4. The Kier molecular flexibility index (Phi) is 6.01. The van der Waals surface area contributed by atoms with Crippen LogP contribution in [0.5, 0.6) is 0 Å². The maximum absolute atomic E-state index is 12.8. The van der Waals surface area contributed by atoms with Crippen LogP contribution in [0.2, 0.25) is 0 Å². The lowest BCUT2D eigenvalue weighted by Crippen LogP contribution is -2.37. The molecule has 0 unspecified atom stereocenters. The third-order valence-corrected chi connectivity index (χ3v) is 6.01. The van der Waals surface area contributed by atoms with Crippen LogP contribution < -0.4 is 0 Å². The van der Waals surface area contributed by atoms with Gasteiger partial charge in [0.1, 0.15) is 5.82 Å². The molecule has 1 aromatic carbocycles. The summed E-state index contributed by atoms with van der Waals surface area (Å²) in [5, 5.41) is 0. The first-order valence-corrected chi connectivity index (χ1v) is 10.6. The standard InChI is InChI=1S/C23H30N4O/c1-18-20(23(28)26-13-7-3-8-14-26)16-24-22(25-18)21-12-6-9-15-27(21)17-19-10-4-2-5-11-19/h2,4-5,10-11,16,21H,3,6-9,12-15,17H2,1H3/t21-/m1/s1. The molecule has 0 radical (unpaired) electrons. The number of carbonyl (C=O) groups excluding carboxylic acids is 1. The van der Waals surface area contributed by atoms with Crippen molar-refractivity contribution < 1.29 is 4.79 Å². The summed E-state index contributed by atoms with van der Waals surface area (Å²) in [6.45, 7) is 5.65. The van der Waals surface area contributed by atoms with Crippen LogP contribution in [-0.4, -0.2) is 45.3 Å². The molecule has 0 bridgehead atoms. The molecule has 0 saturated carbocycles. The van der Waals surface area contributed by atoms with E-state index >= 15 is 0 Å². The van der Waals surface area contributed by atoms with E-state index in [0.717, 1.165) is 57.0 Å². The van der Waals surface area contributed by atoms with Crippen LogP contribution in [0.1, 0.15) is 72.0 Å². The van der Waals surface area contributed by atoms with Gasteiger partial charge in [-0.2, -0.15) is 0 Å². The van der Waals surface area contributed by atoms with Crippen molar-refractivity contribution in [1.29, 1.82) is 0 Å². The molecular weight excluding hydrogens is 348 g/mol. The Morgan fingerprint density at radius 3 is 2.54 bits per heavy atom. The largest absolute Gasteiger partial charge is 0.339 e. The van der Waals surface area contributed by atoms with Crippen molar-refractivity contribution in [2.45, 2.75) is 58.0 Å². The van der Waals surface area contributed by atoms with E-state index in [4.69, 9.17) is 4.98 Å². The van der Waals surface area contributed by atoms with Gasteiger partial charge in [-0.3, -0.25) is 9.69 Å². The van der Waals surface area contributed by atoms with E-state index in [1.54, 1.807) is 6.20 Å². The Morgan fingerprint density at radius 2 is 1.79 bits per heavy atom. The lowest BCUT2D eigenvalue weighted by molar-refractivity contribution is 0.0722.